The van der Waals surface area contributed by atoms with E-state index in [1.807, 2.05) is 79.0 Å². The number of aromatic nitrogens is 3. The minimum absolute atomic E-state index is 0.116. The molecular formula is C49H35Cl2N3O10S. The number of benzene rings is 6. The molecule has 65 heavy (non-hydrogen) atoms. The van der Waals surface area contributed by atoms with Crippen molar-refractivity contribution in [1.29, 1.82) is 0 Å². The molecule has 0 aliphatic heterocycles. The van der Waals surface area contributed by atoms with Crippen LogP contribution in [-0.2, 0) is 23.6 Å². The summed E-state index contributed by atoms with van der Waals surface area (Å²) in [6.07, 6.45) is 3.27. The summed E-state index contributed by atoms with van der Waals surface area (Å²) >= 11 is 12.8. The largest absolute Gasteiger partial charge is 0.493 e. The van der Waals surface area contributed by atoms with Gasteiger partial charge in [0.05, 0.1) is 29.0 Å². The average Bonchev–Trinajstić information content (AvgIpc) is 3.76. The van der Waals surface area contributed by atoms with Crippen molar-refractivity contribution in [3.8, 4) is 61.8 Å². The molecule has 6 aromatic carbocycles. The summed E-state index contributed by atoms with van der Waals surface area (Å²) < 4.78 is 61.3. The van der Waals surface area contributed by atoms with Crippen LogP contribution in [-0.4, -0.2) is 34.6 Å². The predicted molar refractivity (Wildman–Crippen MR) is 248 cm³/mol. The van der Waals surface area contributed by atoms with Crippen LogP contribution in [0.5, 0.6) is 17.2 Å². The maximum atomic E-state index is 13.6. The van der Waals surface area contributed by atoms with Crippen LogP contribution < -0.4 is 24.9 Å². The zero-order valence-corrected chi connectivity index (χ0v) is 36.3. The Hall–Kier alpha value is -7.23. The molecule has 9 rings (SSSR count). The van der Waals surface area contributed by atoms with E-state index in [0.717, 1.165) is 17.5 Å². The summed E-state index contributed by atoms with van der Waals surface area (Å²) in [5.41, 5.74) is 4.74. The van der Waals surface area contributed by atoms with Crippen molar-refractivity contribution in [2.75, 3.05) is 6.61 Å². The van der Waals surface area contributed by atoms with Crippen molar-refractivity contribution in [3.63, 3.8) is 0 Å². The van der Waals surface area contributed by atoms with Crippen molar-refractivity contribution < 1.29 is 35.5 Å². The maximum Gasteiger partial charge on any atom is 0.446 e. The Kier molecular flexibility index (Phi) is 12.2. The number of nitrogens with zero attached hydrogens (tertiary/aromatic N) is 3. The zero-order chi connectivity index (χ0) is 45.1. The minimum atomic E-state index is -4.71. The Morgan fingerprint density at radius 2 is 1.20 bits per heavy atom. The Morgan fingerprint density at radius 1 is 0.615 bits per heavy atom. The van der Waals surface area contributed by atoms with E-state index >= 15 is 0 Å². The molecule has 0 fully saturated rings. The summed E-state index contributed by atoms with van der Waals surface area (Å²) in [5.74, 6) is 0.985. The summed E-state index contributed by atoms with van der Waals surface area (Å²) in [4.78, 5) is 27.0. The van der Waals surface area contributed by atoms with Gasteiger partial charge >= 0.3 is 21.7 Å². The van der Waals surface area contributed by atoms with E-state index in [4.69, 9.17) is 46.1 Å². The number of hydrogen-bond donors (Lipinski definition) is 1. The van der Waals surface area contributed by atoms with Crippen LogP contribution in [0.1, 0.15) is 18.5 Å². The van der Waals surface area contributed by atoms with E-state index in [-0.39, 0.29) is 28.5 Å². The molecular weight excluding hydrogens is 894 g/mol. The predicted octanol–water partition coefficient (Wildman–Crippen LogP) is 11.1. The summed E-state index contributed by atoms with van der Waals surface area (Å²) in [7, 11) is -4.71. The van der Waals surface area contributed by atoms with Gasteiger partial charge in [0.1, 0.15) is 35.1 Å². The summed E-state index contributed by atoms with van der Waals surface area (Å²) in [5, 5.41) is 10.5. The van der Waals surface area contributed by atoms with Crippen LogP contribution in [0, 0.1) is 0 Å². The molecule has 0 unspecified atom stereocenters. The molecule has 0 bridgehead atoms. The number of rotatable bonds is 15. The van der Waals surface area contributed by atoms with E-state index < -0.39 is 21.7 Å². The monoisotopic (exact) mass is 927 g/mol. The smallest absolute Gasteiger partial charge is 0.446 e. The third-order valence-electron chi connectivity index (χ3n) is 10.4. The number of hydrogen-bond acceptors (Lipinski definition) is 11. The van der Waals surface area contributed by atoms with Crippen LogP contribution in [0.4, 0.5) is 0 Å². The zero-order valence-electron chi connectivity index (χ0n) is 34.0. The molecule has 0 spiro atoms. The van der Waals surface area contributed by atoms with Crippen molar-refractivity contribution in [3.05, 3.63) is 182 Å². The van der Waals surface area contributed by atoms with Crippen LogP contribution in [0.15, 0.2) is 164 Å². The van der Waals surface area contributed by atoms with Gasteiger partial charge < -0.3 is 22.5 Å². The highest BCUT2D eigenvalue weighted by molar-refractivity contribution is 7.81. The lowest BCUT2D eigenvalue weighted by molar-refractivity contribution is 0.300. The first-order chi connectivity index (χ1) is 31.5. The van der Waals surface area contributed by atoms with Gasteiger partial charge in [-0.3, -0.25) is 9.23 Å². The number of fused-ring (bicyclic) bond motifs is 2. The molecule has 0 atom stereocenters. The van der Waals surface area contributed by atoms with E-state index in [2.05, 4.69) is 14.5 Å². The van der Waals surface area contributed by atoms with Crippen LogP contribution in [0.25, 0.3) is 66.4 Å². The van der Waals surface area contributed by atoms with Gasteiger partial charge in [-0.05, 0) is 83.6 Å². The number of aryl methyl sites for hydroxylation is 1. The lowest BCUT2D eigenvalue weighted by Gasteiger charge is -2.14. The molecule has 0 amide bonds. The van der Waals surface area contributed by atoms with Gasteiger partial charge in [-0.2, -0.15) is 8.42 Å². The molecule has 3 aromatic heterocycles. The molecule has 13 nitrogen and oxygen atoms in total. The highest BCUT2D eigenvalue weighted by Crippen LogP contribution is 2.41. The third-order valence-corrected chi connectivity index (χ3v) is 11.3. The third kappa shape index (κ3) is 9.66. The van der Waals surface area contributed by atoms with Crippen molar-refractivity contribution >= 4 is 55.5 Å². The number of unbranched alkanes of at least 4 members (excludes halogenated alkanes) is 1. The quantitative estimate of drug-likeness (QED) is 0.0586. The Bertz CT molecular complexity index is 3420. The summed E-state index contributed by atoms with van der Waals surface area (Å²) in [6, 6.07) is 40.4. The fourth-order valence-electron chi connectivity index (χ4n) is 7.59. The number of ether oxygens (including phenoxy) is 2. The first-order valence-corrected chi connectivity index (χ1v) is 22.3. The van der Waals surface area contributed by atoms with Crippen LogP contribution in [0.3, 0.4) is 0 Å². The maximum absolute atomic E-state index is 13.6. The topological polar surface area (TPSA) is 173 Å². The van der Waals surface area contributed by atoms with Gasteiger partial charge in [0.15, 0.2) is 5.58 Å². The van der Waals surface area contributed by atoms with Crippen LogP contribution in [0.2, 0.25) is 10.0 Å². The molecule has 0 radical (unpaired) electrons. The molecule has 0 aliphatic rings. The summed E-state index contributed by atoms with van der Waals surface area (Å²) in [6.45, 7) is 1.17. The molecule has 0 aliphatic carbocycles. The van der Waals surface area contributed by atoms with Crippen molar-refractivity contribution in [2.45, 2.75) is 26.0 Å². The van der Waals surface area contributed by atoms with E-state index in [1.165, 1.54) is 24.3 Å². The fraction of sp³-hybridized carbons (Fsp3) is 0.102. The van der Waals surface area contributed by atoms with Gasteiger partial charge in [-0.15, -0.1) is 5.10 Å². The lowest BCUT2D eigenvalue weighted by atomic mass is 9.93. The SMILES string of the molecule is O=c1oc2cc(OCCCCn3cc(COc4ccc(-c5c(-c6ccccc6)c6cc(Cl)cc(Cl)c6oc5=O)cc4)nn3)ccc2c(-c2ccccc2)c1-c1ccc(OS(=O)(=O)O)cc1. The standard InChI is InChI=1S/C49H35Cl2N3O10S/c50-34-25-40-44(31-11-5-2-6-12-31)46(49(56)63-47(40)41(51)26-34)32-13-17-36(18-14-32)61-29-35-28-54(53-52-35)23-7-8-24-60-38-21-22-39-42(27-38)62-48(55)45(43(39)30-9-3-1-4-10-30)33-15-19-37(20-16-33)64-65(57,58)59/h1-6,9-22,25-28H,7-8,23-24,29H2,(H,57,58,59). The lowest BCUT2D eigenvalue weighted by Crippen LogP contribution is -2.08. The van der Waals surface area contributed by atoms with Crippen molar-refractivity contribution in [1.82, 2.24) is 15.0 Å². The molecule has 0 saturated heterocycles. The minimum Gasteiger partial charge on any atom is -0.493 e. The molecule has 1 N–H and O–H groups in total. The second-order valence-electron chi connectivity index (χ2n) is 14.8. The average molecular weight is 929 g/mol. The Morgan fingerprint density at radius 3 is 1.85 bits per heavy atom. The molecule has 9 aromatic rings. The van der Waals surface area contributed by atoms with Gasteiger partial charge in [0, 0.05) is 39.5 Å². The highest BCUT2D eigenvalue weighted by atomic mass is 35.5. The van der Waals surface area contributed by atoms with E-state index in [0.29, 0.717) is 86.0 Å². The normalized spacial score (nSPS) is 11.6. The number of halogens is 2. The molecule has 16 heteroatoms. The Balaban J connectivity index is 0.819. The molecule has 3 heterocycles. The van der Waals surface area contributed by atoms with E-state index in [9.17, 15) is 18.0 Å². The second-order valence-corrected chi connectivity index (χ2v) is 16.7. The fourth-order valence-corrected chi connectivity index (χ4v) is 8.47. The van der Waals surface area contributed by atoms with Crippen molar-refractivity contribution in [2.24, 2.45) is 0 Å². The second kappa shape index (κ2) is 18.5. The van der Waals surface area contributed by atoms with Gasteiger partial charge in [0.25, 0.3) is 0 Å². The van der Waals surface area contributed by atoms with Gasteiger partial charge in [0.2, 0.25) is 0 Å². The molecule has 326 valence electrons. The van der Waals surface area contributed by atoms with Gasteiger partial charge in [-0.25, -0.2) is 9.59 Å². The molecule has 0 saturated carbocycles. The van der Waals surface area contributed by atoms with Gasteiger partial charge in [-0.1, -0.05) is 113 Å². The first-order valence-electron chi connectivity index (χ1n) is 20.2. The van der Waals surface area contributed by atoms with Crippen LogP contribution >= 0.6 is 23.2 Å². The highest BCUT2D eigenvalue weighted by Gasteiger charge is 2.22. The Labute approximate surface area is 380 Å². The first kappa shape index (κ1) is 43.0. The van der Waals surface area contributed by atoms with E-state index in [1.54, 1.807) is 47.1 Å².